The van der Waals surface area contributed by atoms with Gasteiger partial charge in [0.25, 0.3) is 0 Å². The molecule has 0 atom stereocenters. The molecule has 2 aliphatic heterocycles. The predicted molar refractivity (Wildman–Crippen MR) is 117 cm³/mol. The van der Waals surface area contributed by atoms with E-state index < -0.39 is 15.5 Å². The highest BCUT2D eigenvalue weighted by Gasteiger charge is 2.27. The summed E-state index contributed by atoms with van der Waals surface area (Å²) in [5.74, 6) is 0. The van der Waals surface area contributed by atoms with Crippen molar-refractivity contribution < 1.29 is 27.2 Å². The zero-order chi connectivity index (χ0) is 19.5. The van der Waals surface area contributed by atoms with E-state index in [9.17, 15) is 9.13 Å². The molecule has 0 aromatic carbocycles. The van der Waals surface area contributed by atoms with Gasteiger partial charge in [0.2, 0.25) is 0 Å². The minimum atomic E-state index is -3.19. The van der Waals surface area contributed by atoms with Gasteiger partial charge >= 0.3 is 15.5 Å². The van der Waals surface area contributed by atoms with Crippen molar-refractivity contribution in [3.8, 4) is 0 Å². The zero-order valence-corrected chi connectivity index (χ0v) is 20.2. The Balaban J connectivity index is 0.000000260. The largest absolute Gasteiger partial charge is 0.455 e. The fourth-order valence-corrected chi connectivity index (χ4v) is 7.38. The highest BCUT2D eigenvalue weighted by molar-refractivity contribution is 8.53. The Labute approximate surface area is 172 Å². The lowest BCUT2D eigenvalue weighted by Crippen LogP contribution is -2.01. The van der Waals surface area contributed by atoms with E-state index in [0.29, 0.717) is 26.4 Å². The fourth-order valence-electron chi connectivity index (χ4n) is 1.38. The minimum absolute atomic E-state index is 0.351. The maximum atomic E-state index is 11.8. The first-order valence-corrected chi connectivity index (χ1v) is 14.8. The third-order valence-electron chi connectivity index (χ3n) is 2.31. The molecule has 2 saturated heterocycles. The van der Waals surface area contributed by atoms with Gasteiger partial charge in [0.05, 0.1) is 36.6 Å². The van der Waals surface area contributed by atoms with E-state index in [-0.39, 0.29) is 0 Å². The van der Waals surface area contributed by atoms with Crippen LogP contribution in [0.2, 0.25) is 0 Å². The van der Waals surface area contributed by atoms with Crippen molar-refractivity contribution in [3.05, 3.63) is 0 Å². The first kappa shape index (κ1) is 25.1. The Hall–Kier alpha value is 1.04. The lowest BCUT2D eigenvalue weighted by molar-refractivity contribution is 0.220. The molecule has 0 aromatic rings. The molecule has 26 heavy (non-hydrogen) atoms. The summed E-state index contributed by atoms with van der Waals surface area (Å²) in [7, 11) is -6.39. The maximum Gasteiger partial charge on any atom is 0.455 e. The van der Waals surface area contributed by atoms with Gasteiger partial charge in [-0.1, -0.05) is 47.0 Å². The van der Waals surface area contributed by atoms with Gasteiger partial charge in [-0.2, -0.15) is 9.53 Å². The third kappa shape index (κ3) is 9.49. The molecule has 0 amide bonds. The van der Waals surface area contributed by atoms with E-state index in [2.05, 4.69) is 9.53 Å². The molecule has 8 nitrogen and oxygen atoms in total. The van der Waals surface area contributed by atoms with E-state index >= 15 is 0 Å². The molecule has 0 aliphatic carbocycles. The van der Waals surface area contributed by atoms with E-state index in [0.717, 1.165) is 18.9 Å². The summed E-state index contributed by atoms with van der Waals surface area (Å²) in [6.45, 7) is 8.49. The molecule has 2 rings (SSSR count). The first-order chi connectivity index (χ1) is 12.4. The molecule has 0 saturated carbocycles. The average Bonchev–Trinajstić information content (AvgIpc) is 2.49. The minimum Gasteiger partial charge on any atom is -0.291 e. The normalized spacial score (nSPS) is 16.9. The molecule has 0 unspecified atom stereocenters. The van der Waals surface area contributed by atoms with Gasteiger partial charge in [-0.3, -0.25) is 18.1 Å². The van der Waals surface area contributed by atoms with E-state index in [4.69, 9.17) is 18.1 Å². The summed E-state index contributed by atoms with van der Waals surface area (Å²) >= 11 is 6.26. The number of hydrogen-bond donors (Lipinski definition) is 0. The molecule has 14 heteroatoms. The van der Waals surface area contributed by atoms with Crippen LogP contribution in [0.3, 0.4) is 0 Å². The molecular formula is C12H24N2O6P2S4. The van der Waals surface area contributed by atoms with Crippen molar-refractivity contribution in [1.82, 2.24) is 0 Å². The van der Waals surface area contributed by atoms with Crippen LogP contribution in [0, 0.1) is 0 Å². The van der Waals surface area contributed by atoms with Gasteiger partial charge in [0.1, 0.15) is 8.75 Å². The molecule has 0 N–H and O–H groups in total. The van der Waals surface area contributed by atoms with Crippen LogP contribution in [-0.4, -0.2) is 45.3 Å². The second-order valence-electron chi connectivity index (χ2n) is 4.15. The standard InChI is InChI=1S/2C6H12NO3PS2/c2*1-3-9-11(8,10-4-2)7-6-12-5-13-6/h2*3-5H2,1-2H3. The molecule has 0 aromatic heterocycles. The smallest absolute Gasteiger partial charge is 0.291 e. The van der Waals surface area contributed by atoms with E-state index in [1.54, 1.807) is 74.7 Å². The quantitative estimate of drug-likeness (QED) is 0.349. The van der Waals surface area contributed by atoms with Gasteiger partial charge in [-0.25, -0.2) is 9.13 Å². The van der Waals surface area contributed by atoms with E-state index in [1.165, 1.54) is 0 Å². The molecule has 0 bridgehead atoms. The topological polar surface area (TPSA) is 95.8 Å². The Morgan fingerprint density at radius 2 is 0.962 bits per heavy atom. The number of thioether (sulfide) groups is 4. The first-order valence-electron chi connectivity index (χ1n) is 7.90. The maximum absolute atomic E-state index is 11.8. The monoisotopic (exact) mass is 482 g/mol. The Bertz CT molecular complexity index is 510. The molecule has 152 valence electrons. The fraction of sp³-hybridized carbons (Fsp3) is 0.833. The predicted octanol–water partition coefficient (Wildman–Crippen LogP) is 5.92. The van der Waals surface area contributed by atoms with Crippen LogP contribution in [-0.2, 0) is 27.2 Å². The Morgan fingerprint density at radius 3 is 1.12 bits per heavy atom. The lowest BCUT2D eigenvalue weighted by atomic mass is 10.9. The number of hydrogen-bond acceptors (Lipinski definition) is 10. The summed E-state index contributed by atoms with van der Waals surface area (Å²) in [5.41, 5.74) is 0. The van der Waals surface area contributed by atoms with Crippen LogP contribution in [0.5, 0.6) is 0 Å². The van der Waals surface area contributed by atoms with Crippen LogP contribution < -0.4 is 0 Å². The summed E-state index contributed by atoms with van der Waals surface area (Å²) in [5, 5.41) is 1.94. The summed E-state index contributed by atoms with van der Waals surface area (Å²) in [6.07, 6.45) is 0. The molecule has 2 aliphatic rings. The van der Waals surface area contributed by atoms with Crippen LogP contribution in [0.4, 0.5) is 0 Å². The zero-order valence-electron chi connectivity index (χ0n) is 15.1. The number of rotatable bonds is 10. The van der Waals surface area contributed by atoms with Crippen LogP contribution in [0.25, 0.3) is 0 Å². The highest BCUT2D eigenvalue weighted by Crippen LogP contribution is 2.53. The van der Waals surface area contributed by atoms with Gasteiger partial charge in [0.15, 0.2) is 0 Å². The van der Waals surface area contributed by atoms with Crippen molar-refractivity contribution in [2.24, 2.45) is 9.53 Å². The SMILES string of the molecule is CCOP(=O)(N=C1SCS1)OCC.CCOP(=O)(N=C1SCS1)OCC. The van der Waals surface area contributed by atoms with Crippen molar-refractivity contribution >= 4 is 71.3 Å². The second-order valence-corrected chi connectivity index (χ2v) is 12.6. The lowest BCUT2D eigenvalue weighted by Gasteiger charge is -2.17. The van der Waals surface area contributed by atoms with Crippen LogP contribution in [0.15, 0.2) is 9.53 Å². The van der Waals surface area contributed by atoms with Gasteiger partial charge < -0.3 is 0 Å². The van der Waals surface area contributed by atoms with Crippen molar-refractivity contribution in [2.75, 3.05) is 36.6 Å². The summed E-state index contributed by atoms with van der Waals surface area (Å²) in [6, 6.07) is 0. The summed E-state index contributed by atoms with van der Waals surface area (Å²) < 4.78 is 53.0. The molecule has 0 spiro atoms. The molecule has 0 radical (unpaired) electrons. The van der Waals surface area contributed by atoms with Crippen LogP contribution >= 0.6 is 62.5 Å². The van der Waals surface area contributed by atoms with Gasteiger partial charge in [0, 0.05) is 0 Å². The molecule has 2 fully saturated rings. The van der Waals surface area contributed by atoms with E-state index in [1.807, 2.05) is 0 Å². The van der Waals surface area contributed by atoms with Crippen molar-refractivity contribution in [3.63, 3.8) is 0 Å². The molecule has 2 heterocycles. The highest BCUT2D eigenvalue weighted by atomic mass is 32.3. The van der Waals surface area contributed by atoms with Crippen LogP contribution in [0.1, 0.15) is 27.7 Å². The molecular weight excluding hydrogens is 458 g/mol. The van der Waals surface area contributed by atoms with Crippen molar-refractivity contribution in [1.29, 1.82) is 0 Å². The average molecular weight is 483 g/mol. The number of nitrogens with zero attached hydrogens (tertiary/aromatic N) is 2. The summed E-state index contributed by atoms with van der Waals surface area (Å²) in [4.78, 5) is 0. The Morgan fingerprint density at radius 1 is 0.692 bits per heavy atom. The second kappa shape index (κ2) is 13.3. The van der Waals surface area contributed by atoms with Gasteiger partial charge in [-0.15, -0.1) is 0 Å². The third-order valence-corrected chi connectivity index (χ3v) is 10.7. The van der Waals surface area contributed by atoms with Gasteiger partial charge in [-0.05, 0) is 27.7 Å². The Kier molecular flexibility index (Phi) is 12.8. The van der Waals surface area contributed by atoms with Crippen molar-refractivity contribution in [2.45, 2.75) is 27.7 Å².